The number of hydrogen-bond donors (Lipinski definition) is 2. The number of hydrogen-bond acceptors (Lipinski definition) is 6. The molecule has 0 saturated heterocycles. The minimum absolute atomic E-state index is 0.0248. The lowest BCUT2D eigenvalue weighted by Crippen LogP contribution is -2.28. The van der Waals surface area contributed by atoms with Gasteiger partial charge >= 0.3 is 6.01 Å². The maximum Gasteiger partial charge on any atom is 0.321 e. The first-order chi connectivity index (χ1) is 10.8. The molecule has 2 aromatic rings. The van der Waals surface area contributed by atoms with Gasteiger partial charge in [0.1, 0.15) is 0 Å². The number of rotatable bonds is 5. The molecule has 0 aromatic carbocycles. The molecule has 0 aliphatic heterocycles. The first-order valence-corrected chi connectivity index (χ1v) is 8.02. The Kier molecular flexibility index (Phi) is 3.57. The van der Waals surface area contributed by atoms with E-state index in [4.69, 9.17) is 4.52 Å². The Hall–Kier alpha value is -1.89. The van der Waals surface area contributed by atoms with E-state index in [9.17, 15) is 5.11 Å². The highest BCUT2D eigenvalue weighted by Gasteiger charge is 2.34. The average molecular weight is 303 g/mol. The van der Waals surface area contributed by atoms with Crippen molar-refractivity contribution < 1.29 is 9.63 Å². The summed E-state index contributed by atoms with van der Waals surface area (Å²) >= 11 is 0. The highest BCUT2D eigenvalue weighted by atomic mass is 16.5. The van der Waals surface area contributed by atoms with Gasteiger partial charge in [0, 0.05) is 24.9 Å². The van der Waals surface area contributed by atoms with Gasteiger partial charge < -0.3 is 19.5 Å². The van der Waals surface area contributed by atoms with Crippen LogP contribution in [-0.2, 0) is 6.54 Å². The first kappa shape index (κ1) is 13.8. The zero-order chi connectivity index (χ0) is 14.9. The lowest BCUT2D eigenvalue weighted by atomic mass is 9.85. The zero-order valence-corrected chi connectivity index (χ0v) is 12.4. The standard InChI is InChI=1S/C15H21N5O2/c21-13-7-10(8-20-5-4-16-9-20)6-12(13)17-15-18-14(19-22-15)11-2-1-3-11/h4-5,9-13,21H,1-3,6-8H2,(H,17,18,19)/t10?,12-,13-/m1/s1. The van der Waals surface area contributed by atoms with E-state index in [2.05, 4.69) is 25.0 Å². The summed E-state index contributed by atoms with van der Waals surface area (Å²) in [7, 11) is 0. The molecule has 2 fully saturated rings. The van der Waals surface area contributed by atoms with Gasteiger partial charge in [0.05, 0.1) is 18.5 Å². The van der Waals surface area contributed by atoms with Gasteiger partial charge in [0.15, 0.2) is 5.82 Å². The van der Waals surface area contributed by atoms with Crippen molar-refractivity contribution >= 4 is 6.01 Å². The van der Waals surface area contributed by atoms with E-state index in [1.807, 2.05) is 12.5 Å². The fraction of sp³-hybridized carbons (Fsp3) is 0.667. The maximum absolute atomic E-state index is 10.2. The van der Waals surface area contributed by atoms with E-state index in [0.29, 0.717) is 17.9 Å². The van der Waals surface area contributed by atoms with Crippen molar-refractivity contribution in [2.45, 2.75) is 56.7 Å². The molecular formula is C15H21N5O2. The molecule has 2 N–H and O–H groups in total. The summed E-state index contributed by atoms with van der Waals surface area (Å²) in [4.78, 5) is 8.47. The Morgan fingerprint density at radius 3 is 3.00 bits per heavy atom. The van der Waals surface area contributed by atoms with Gasteiger partial charge in [0.2, 0.25) is 0 Å². The van der Waals surface area contributed by atoms with Gasteiger partial charge in [-0.25, -0.2) is 4.98 Å². The second-order valence-corrected chi connectivity index (χ2v) is 6.50. The smallest absolute Gasteiger partial charge is 0.321 e. The molecule has 0 amide bonds. The van der Waals surface area contributed by atoms with E-state index in [-0.39, 0.29) is 12.1 Å². The number of anilines is 1. The zero-order valence-electron chi connectivity index (χ0n) is 12.4. The van der Waals surface area contributed by atoms with E-state index in [0.717, 1.165) is 38.1 Å². The van der Waals surface area contributed by atoms with E-state index in [1.165, 1.54) is 6.42 Å². The van der Waals surface area contributed by atoms with Gasteiger partial charge in [-0.15, -0.1) is 0 Å². The molecular weight excluding hydrogens is 282 g/mol. The van der Waals surface area contributed by atoms with Gasteiger partial charge in [-0.05, 0) is 31.6 Å². The summed E-state index contributed by atoms with van der Waals surface area (Å²) in [5, 5.41) is 17.5. The fourth-order valence-electron chi connectivity index (χ4n) is 3.40. The summed E-state index contributed by atoms with van der Waals surface area (Å²) in [6.45, 7) is 0.881. The summed E-state index contributed by atoms with van der Waals surface area (Å²) in [5.41, 5.74) is 0. The van der Waals surface area contributed by atoms with Crippen molar-refractivity contribution in [1.29, 1.82) is 0 Å². The topological polar surface area (TPSA) is 89.0 Å². The molecule has 2 aromatic heterocycles. The van der Waals surface area contributed by atoms with Crippen LogP contribution in [0.4, 0.5) is 6.01 Å². The van der Waals surface area contributed by atoms with Crippen molar-refractivity contribution in [3.05, 3.63) is 24.5 Å². The molecule has 4 rings (SSSR count). The third-order valence-corrected chi connectivity index (χ3v) is 4.88. The lowest BCUT2D eigenvalue weighted by Gasteiger charge is -2.21. The molecule has 3 atom stereocenters. The predicted octanol–water partition coefficient (Wildman–Crippen LogP) is 1.79. The van der Waals surface area contributed by atoms with Crippen LogP contribution in [0.2, 0.25) is 0 Å². The average Bonchev–Trinajstić information content (AvgIpc) is 3.13. The van der Waals surface area contributed by atoms with Crippen LogP contribution >= 0.6 is 0 Å². The van der Waals surface area contributed by atoms with Crippen LogP contribution in [-0.4, -0.2) is 36.9 Å². The molecule has 2 heterocycles. The molecule has 7 heteroatoms. The Bertz CT molecular complexity index is 607. The van der Waals surface area contributed by atoms with E-state index in [1.54, 1.807) is 6.20 Å². The Labute approximate surface area is 128 Å². The molecule has 2 saturated carbocycles. The van der Waals surface area contributed by atoms with Crippen molar-refractivity contribution in [3.63, 3.8) is 0 Å². The molecule has 1 unspecified atom stereocenters. The predicted molar refractivity (Wildman–Crippen MR) is 79.3 cm³/mol. The van der Waals surface area contributed by atoms with E-state index < -0.39 is 0 Å². The lowest BCUT2D eigenvalue weighted by molar-refractivity contribution is 0.165. The second-order valence-electron chi connectivity index (χ2n) is 6.50. The molecule has 2 aliphatic rings. The van der Waals surface area contributed by atoms with Gasteiger partial charge in [-0.2, -0.15) is 4.98 Å². The number of aliphatic hydroxyl groups excluding tert-OH is 1. The summed E-state index contributed by atoms with van der Waals surface area (Å²) in [5.74, 6) is 1.69. The normalized spacial score (nSPS) is 28.7. The number of aliphatic hydroxyl groups is 1. The van der Waals surface area contributed by atoms with Crippen molar-refractivity contribution in [2.75, 3.05) is 5.32 Å². The van der Waals surface area contributed by atoms with Gasteiger partial charge in [-0.3, -0.25) is 0 Å². The molecule has 0 bridgehead atoms. The summed E-state index contributed by atoms with van der Waals surface area (Å²) in [6, 6.07) is 0.414. The van der Waals surface area contributed by atoms with Crippen molar-refractivity contribution in [2.24, 2.45) is 5.92 Å². The third-order valence-electron chi connectivity index (χ3n) is 4.88. The van der Waals surface area contributed by atoms with Crippen LogP contribution in [0.3, 0.4) is 0 Å². The Morgan fingerprint density at radius 1 is 1.36 bits per heavy atom. The van der Waals surface area contributed by atoms with Crippen LogP contribution in [0.1, 0.15) is 43.8 Å². The van der Waals surface area contributed by atoms with Crippen molar-refractivity contribution in [1.82, 2.24) is 19.7 Å². The molecule has 7 nitrogen and oxygen atoms in total. The number of nitrogens with one attached hydrogen (secondary N) is 1. The second kappa shape index (κ2) is 5.72. The minimum atomic E-state index is -0.382. The third kappa shape index (κ3) is 2.72. The monoisotopic (exact) mass is 303 g/mol. The SMILES string of the molecule is O[C@@H]1CC(Cn2ccnc2)C[C@H]1Nc1nc(C2CCC2)no1. The van der Waals surface area contributed by atoms with Crippen molar-refractivity contribution in [3.8, 4) is 0 Å². The number of imidazole rings is 1. The molecule has 2 aliphatic carbocycles. The van der Waals surface area contributed by atoms with Crippen LogP contribution in [0.25, 0.3) is 0 Å². The van der Waals surface area contributed by atoms with Crippen LogP contribution in [0.5, 0.6) is 0 Å². The quantitative estimate of drug-likeness (QED) is 0.875. The minimum Gasteiger partial charge on any atom is -0.391 e. The van der Waals surface area contributed by atoms with Crippen LogP contribution in [0.15, 0.2) is 23.2 Å². The molecule has 0 radical (unpaired) electrons. The molecule has 22 heavy (non-hydrogen) atoms. The Balaban J connectivity index is 1.35. The largest absolute Gasteiger partial charge is 0.391 e. The number of nitrogens with zero attached hydrogens (tertiary/aromatic N) is 4. The summed E-state index contributed by atoms with van der Waals surface area (Å²) in [6.07, 6.45) is 10.4. The summed E-state index contributed by atoms with van der Waals surface area (Å²) < 4.78 is 7.33. The van der Waals surface area contributed by atoms with Crippen LogP contribution < -0.4 is 5.32 Å². The molecule has 0 spiro atoms. The maximum atomic E-state index is 10.2. The Morgan fingerprint density at radius 2 is 2.27 bits per heavy atom. The highest BCUT2D eigenvalue weighted by molar-refractivity contribution is 5.23. The van der Waals surface area contributed by atoms with Gasteiger partial charge in [-0.1, -0.05) is 11.6 Å². The first-order valence-electron chi connectivity index (χ1n) is 8.02. The van der Waals surface area contributed by atoms with Gasteiger partial charge in [0.25, 0.3) is 0 Å². The fourth-order valence-corrected chi connectivity index (χ4v) is 3.40. The van der Waals surface area contributed by atoms with E-state index >= 15 is 0 Å². The molecule has 118 valence electrons. The highest BCUT2D eigenvalue weighted by Crippen LogP contribution is 2.35. The number of aromatic nitrogens is 4. The van der Waals surface area contributed by atoms with Crippen LogP contribution in [0, 0.1) is 5.92 Å².